The van der Waals surface area contributed by atoms with E-state index in [4.69, 9.17) is 47.4 Å². The average molecular weight is 1500 g/mol. The molecule has 608 valence electrons. The van der Waals surface area contributed by atoms with Crippen molar-refractivity contribution in [2.45, 2.75) is 399 Å². The lowest BCUT2D eigenvalue weighted by atomic mass is 9.72. The molecule has 0 aromatic rings. The molecule has 10 rings (SSSR count). The van der Waals surface area contributed by atoms with Crippen molar-refractivity contribution < 1.29 is 108 Å². The zero-order valence-corrected chi connectivity index (χ0v) is 67.9. The molecule has 4 spiro atoms. The number of carboxylic acid groups (broad SMARTS) is 2. The largest absolute Gasteiger partial charge is 0.481 e. The molecule has 6 N–H and O–H groups in total. The minimum atomic E-state index is -1.56. The Bertz CT molecular complexity index is 3100. The molecule has 0 saturated carbocycles. The van der Waals surface area contributed by atoms with E-state index in [-0.39, 0.29) is 109 Å². The summed E-state index contributed by atoms with van der Waals surface area (Å²) in [5.41, 5.74) is -3.37. The number of rotatable bonds is 24. The van der Waals surface area contributed by atoms with Gasteiger partial charge < -0.3 is 78.0 Å². The van der Waals surface area contributed by atoms with E-state index < -0.39 is 136 Å². The van der Waals surface area contributed by atoms with Gasteiger partial charge in [-0.25, -0.2) is 0 Å². The Morgan fingerprint density at radius 3 is 1.32 bits per heavy atom. The highest BCUT2D eigenvalue weighted by Crippen LogP contribution is 2.57. The van der Waals surface area contributed by atoms with Crippen LogP contribution in [0.25, 0.3) is 0 Å². The minimum absolute atomic E-state index is 0. The van der Waals surface area contributed by atoms with Crippen LogP contribution in [0.15, 0.2) is 12.2 Å². The lowest BCUT2D eigenvalue weighted by molar-refractivity contribution is -0.405. The van der Waals surface area contributed by atoms with E-state index in [2.05, 4.69) is 34.6 Å². The van der Waals surface area contributed by atoms with Crippen LogP contribution >= 0.6 is 0 Å². The Labute approximate surface area is 634 Å². The fourth-order valence-electron chi connectivity index (χ4n) is 21.1. The molecule has 10 heterocycles. The van der Waals surface area contributed by atoms with Gasteiger partial charge in [-0.05, 0) is 179 Å². The maximum atomic E-state index is 14.4. The molecule has 9 fully saturated rings. The Morgan fingerprint density at radius 1 is 0.491 bits per heavy atom. The number of carboxylic acids is 2. The molecule has 10 aliphatic heterocycles. The Kier molecular flexibility index (Phi) is 27.7. The summed E-state index contributed by atoms with van der Waals surface area (Å²) < 4.78 is 66.7. The molecule has 0 bridgehead atoms. The number of hydrogen-bond donors (Lipinski definition) is 6. The summed E-state index contributed by atoms with van der Waals surface area (Å²) in [4.78, 5) is 80.1. The summed E-state index contributed by atoms with van der Waals surface area (Å²) in [6, 6.07) is 0. The van der Waals surface area contributed by atoms with Crippen LogP contribution in [0.5, 0.6) is 0 Å². The summed E-state index contributed by atoms with van der Waals surface area (Å²) in [6.07, 6.45) is 9.41. The maximum absolute atomic E-state index is 14.4. The molecule has 0 amide bonds. The van der Waals surface area contributed by atoms with Crippen molar-refractivity contribution in [1.82, 2.24) is 0 Å². The smallest absolute Gasteiger partial charge is 0.309 e. The monoisotopic (exact) mass is 1500 g/mol. The van der Waals surface area contributed by atoms with Crippen LogP contribution in [-0.4, -0.2) is 185 Å². The van der Waals surface area contributed by atoms with Crippen molar-refractivity contribution in [1.29, 1.82) is 0 Å². The van der Waals surface area contributed by atoms with Gasteiger partial charge in [-0.3, -0.25) is 28.8 Å². The van der Waals surface area contributed by atoms with Crippen molar-refractivity contribution in [3.63, 3.8) is 0 Å². The van der Waals surface area contributed by atoms with Gasteiger partial charge in [0, 0.05) is 74.5 Å². The van der Waals surface area contributed by atoms with E-state index in [1.54, 1.807) is 19.9 Å². The van der Waals surface area contributed by atoms with Crippen LogP contribution in [0.4, 0.5) is 0 Å². The number of aliphatic hydroxyl groups excluding tert-OH is 2. The third kappa shape index (κ3) is 16.8. The molecule has 9 saturated heterocycles. The lowest BCUT2D eigenvalue weighted by Crippen LogP contribution is -2.64. The standard InChI is InChI=1S/C42H70O11.C42H68O11.H2/c2*1-11-29(38(46)47)31-15-14-23(4)36(50-31)27(8)34(44)26(7)35(45)30(12-2)37-24(5)22-25(6)41(51-37)19-16-32(43)42(53-41)21-20-39(10,52-42)33-17-18-40(48,13-3)28(9)49-33;/h23-31,33-34,36-37,44,48H,11-22H2,1-10H3,(H,46,47);16,19,23-31,33-34,36-37,44,48H,11-15,17-18,20-22H2,1-10H3,(H,46,47);1H/t2*23-,24-,25+,26-,27-,28-,29+,30-,31+,33+,34+,36+,37-,39-,40+,41-,42-;/m00./s1. The van der Waals surface area contributed by atoms with Gasteiger partial charge >= 0.3 is 11.9 Å². The van der Waals surface area contributed by atoms with Gasteiger partial charge in [0.25, 0.3) is 0 Å². The molecule has 0 aromatic carbocycles. The molecular formula is C84H140O22. The van der Waals surface area contributed by atoms with Gasteiger partial charge in [0.1, 0.15) is 11.6 Å². The predicted octanol–water partition coefficient (Wildman–Crippen LogP) is 13.3. The first-order valence-corrected chi connectivity index (χ1v) is 41.5. The van der Waals surface area contributed by atoms with Gasteiger partial charge in [-0.15, -0.1) is 0 Å². The quantitative estimate of drug-likeness (QED) is 0.0523. The van der Waals surface area contributed by atoms with Crippen molar-refractivity contribution in [3.05, 3.63) is 12.2 Å². The molecule has 22 nitrogen and oxygen atoms in total. The minimum Gasteiger partial charge on any atom is -0.481 e. The summed E-state index contributed by atoms with van der Waals surface area (Å²) in [7, 11) is 0. The van der Waals surface area contributed by atoms with E-state index in [0.717, 1.165) is 19.3 Å². The number of carbonyl (C=O) groups excluding carboxylic acids is 4. The fourth-order valence-corrected chi connectivity index (χ4v) is 21.1. The van der Waals surface area contributed by atoms with Crippen molar-refractivity contribution in [3.8, 4) is 0 Å². The Morgan fingerprint density at radius 2 is 0.906 bits per heavy atom. The van der Waals surface area contributed by atoms with Crippen LogP contribution < -0.4 is 0 Å². The van der Waals surface area contributed by atoms with E-state index in [1.807, 2.05) is 90.0 Å². The molecule has 0 aromatic heterocycles. The summed E-state index contributed by atoms with van der Waals surface area (Å²) >= 11 is 0. The van der Waals surface area contributed by atoms with Crippen molar-refractivity contribution in [2.75, 3.05) is 0 Å². The first kappa shape index (κ1) is 86.8. The second-order valence-electron chi connectivity index (χ2n) is 35.8. The first-order valence-electron chi connectivity index (χ1n) is 41.5. The Balaban J connectivity index is 0.000000267. The average Bonchev–Trinajstić information content (AvgIpc) is 1.64. The van der Waals surface area contributed by atoms with Crippen molar-refractivity contribution >= 4 is 35.1 Å². The highest BCUT2D eigenvalue weighted by molar-refractivity contribution is 5.97. The molecule has 34 atom stereocenters. The highest BCUT2D eigenvalue weighted by Gasteiger charge is 2.67. The molecule has 106 heavy (non-hydrogen) atoms. The summed E-state index contributed by atoms with van der Waals surface area (Å²) in [5, 5.41) is 65.0. The van der Waals surface area contributed by atoms with Gasteiger partial charge in [0.15, 0.2) is 17.4 Å². The number of aliphatic carboxylic acids is 2. The second kappa shape index (κ2) is 33.9. The topological polar surface area (TPSA) is 316 Å². The number of Topliss-reactive ketones (excluding diaryl/α,β-unsaturated/α-hetero) is 3. The van der Waals surface area contributed by atoms with Gasteiger partial charge in [-0.1, -0.05) is 111 Å². The van der Waals surface area contributed by atoms with Crippen molar-refractivity contribution in [2.24, 2.45) is 82.9 Å². The zero-order valence-electron chi connectivity index (χ0n) is 67.9. The van der Waals surface area contributed by atoms with Gasteiger partial charge in [0.05, 0.1) is 107 Å². The summed E-state index contributed by atoms with van der Waals surface area (Å²) in [6.45, 7) is 39.1. The highest BCUT2D eigenvalue weighted by atomic mass is 16.8. The third-order valence-electron chi connectivity index (χ3n) is 29.0. The summed E-state index contributed by atoms with van der Waals surface area (Å²) in [5.74, 6) is -12.3. The second-order valence-corrected chi connectivity index (χ2v) is 35.8. The molecular weight excluding hydrogens is 1360 g/mol. The maximum Gasteiger partial charge on any atom is 0.309 e. The van der Waals surface area contributed by atoms with E-state index in [1.165, 1.54) is 6.08 Å². The molecule has 22 heteroatoms. The zero-order chi connectivity index (χ0) is 78.5. The number of hydrogen-bond acceptors (Lipinski definition) is 20. The SMILES string of the molecule is CC[C@@H](C(=O)[C@@H](C)[C@@H](O)[C@H](C)[C@@H]1O[C@@H]([C@@H](CC)C(=O)O)CC[C@@H]1C)[C@H]1O[C@]2(C=CC(=O)[C@]3(CC[C@@](C)([C@H]4CC[C@](O)(CC)[C@H](C)O4)O3)O2)[C@H](C)C[C@@H]1C.CC[C@@H](C(=O)[C@@H](C)[C@@H](O)[C@H](C)[C@@H]1O[C@@H]([C@@H](CC)C(=O)O)CC[C@@H]1C)[C@H]1O[C@]2(CCC(=O)[C@]3(CC[C@@](C)([C@H]4CC[C@](O)(CC)[C@H](C)O4)O3)O2)[C@H](C)C[C@@H]1C.[HH]. The molecule has 0 aliphatic carbocycles. The van der Waals surface area contributed by atoms with Gasteiger partial charge in [0.2, 0.25) is 17.4 Å². The van der Waals surface area contributed by atoms with Crippen LogP contribution in [-0.2, 0) is 76.1 Å². The normalized spacial score (nSPS) is 44.9. The Hall–Kier alpha value is -3.20. The third-order valence-corrected chi connectivity index (χ3v) is 29.0. The number of ketones is 4. The molecule has 0 radical (unpaired) electrons. The van der Waals surface area contributed by atoms with E-state index in [9.17, 15) is 59.4 Å². The fraction of sp³-hybridized carbons (Fsp3) is 0.905. The van der Waals surface area contributed by atoms with Crippen LogP contribution in [0.1, 0.15) is 281 Å². The van der Waals surface area contributed by atoms with Crippen LogP contribution in [0.3, 0.4) is 0 Å². The number of ether oxygens (including phenoxy) is 10. The first-order chi connectivity index (χ1) is 49.6. The lowest BCUT2D eigenvalue weighted by Gasteiger charge is -2.55. The molecule has 0 unspecified atom stereocenters. The number of carbonyl (C=O) groups is 6. The van der Waals surface area contributed by atoms with Gasteiger partial charge in [-0.2, -0.15) is 0 Å². The molecule has 10 aliphatic rings. The van der Waals surface area contributed by atoms with E-state index >= 15 is 0 Å². The number of aliphatic hydroxyl groups is 4. The van der Waals surface area contributed by atoms with Crippen LogP contribution in [0, 0.1) is 82.9 Å². The van der Waals surface area contributed by atoms with Crippen LogP contribution in [0.2, 0.25) is 0 Å². The predicted molar refractivity (Wildman–Crippen MR) is 397 cm³/mol. The van der Waals surface area contributed by atoms with E-state index in [0.29, 0.717) is 116 Å².